The zero-order valence-corrected chi connectivity index (χ0v) is 38.0. The van der Waals surface area contributed by atoms with Crippen LogP contribution < -0.4 is 4.90 Å². The lowest BCUT2D eigenvalue weighted by Gasteiger charge is -2.27. The van der Waals surface area contributed by atoms with Gasteiger partial charge in [0.2, 0.25) is 0 Å². The van der Waals surface area contributed by atoms with Crippen molar-refractivity contribution in [2.24, 2.45) is 0 Å². The maximum atomic E-state index is 7.15. The number of furan rings is 1. The second kappa shape index (κ2) is 15.4. The van der Waals surface area contributed by atoms with Gasteiger partial charge in [0.05, 0.1) is 0 Å². The second-order valence-electron chi connectivity index (χ2n) is 19.1. The van der Waals surface area contributed by atoms with Gasteiger partial charge >= 0.3 is 0 Å². The summed E-state index contributed by atoms with van der Waals surface area (Å²) < 4.78 is 7.15. The van der Waals surface area contributed by atoms with Crippen LogP contribution in [0.3, 0.4) is 0 Å². The van der Waals surface area contributed by atoms with Gasteiger partial charge in [-0.3, -0.25) is 0 Å². The molecule has 0 aliphatic carbocycles. The zero-order chi connectivity index (χ0) is 44.7. The summed E-state index contributed by atoms with van der Waals surface area (Å²) in [7, 11) is 0. The topological polar surface area (TPSA) is 16.4 Å². The Hall–Kier alpha value is -7.94. The number of para-hydroxylation sites is 1. The Morgan fingerprint density at radius 3 is 1.58 bits per heavy atom. The minimum absolute atomic E-state index is 0.124. The van der Waals surface area contributed by atoms with Gasteiger partial charge in [0.25, 0.3) is 0 Å². The molecule has 1 aromatic heterocycles. The van der Waals surface area contributed by atoms with Gasteiger partial charge in [0.15, 0.2) is 0 Å². The molecule has 0 spiro atoms. The molecule has 0 bridgehead atoms. The summed E-state index contributed by atoms with van der Waals surface area (Å²) in [6.45, 7) is 11.1. The van der Waals surface area contributed by atoms with E-state index in [0.717, 1.165) is 44.4 Å². The van der Waals surface area contributed by atoms with Gasteiger partial charge < -0.3 is 9.32 Å². The smallest absolute Gasteiger partial charge is 0.143 e. The molecule has 0 saturated carbocycles. The normalized spacial score (nSPS) is 12.0. The van der Waals surface area contributed by atoms with Gasteiger partial charge in [0, 0.05) is 44.7 Å². The Balaban J connectivity index is 1.02. The molecule has 2 nitrogen and oxygen atoms in total. The molecule has 0 amide bonds. The molecule has 2 heteroatoms. The molecule has 0 N–H and O–H groups in total. The van der Waals surface area contributed by atoms with Crippen molar-refractivity contribution in [1.82, 2.24) is 0 Å². The van der Waals surface area contributed by atoms with Gasteiger partial charge in [-0.1, -0.05) is 184 Å². The molecular weight excluding hydrogens is 799 g/mol. The van der Waals surface area contributed by atoms with Crippen LogP contribution in [0.15, 0.2) is 211 Å². The Kier molecular flexibility index (Phi) is 9.22. The fourth-order valence-electron chi connectivity index (χ4n) is 10.2. The van der Waals surface area contributed by atoms with Crippen LogP contribution in [-0.2, 0) is 5.41 Å². The summed E-state index contributed by atoms with van der Waals surface area (Å²) in [5, 5.41) is 9.61. The SMILES string of the molecule is Cc1ccc(-c2cc(-c3ccc(C)cc3)cc(N(c3ccccc3)c3ccc4c(c3)oc3c5cccc6c(-c7ccc(-c8ccc(C(C)(C)C)cc8)cc7)cc7cccc(c43)c7c65)c2)cc1. The Bertz CT molecular complexity index is 3690. The fourth-order valence-corrected chi connectivity index (χ4v) is 10.2. The number of benzene rings is 11. The Labute approximate surface area is 386 Å². The predicted molar refractivity (Wildman–Crippen MR) is 282 cm³/mol. The van der Waals surface area contributed by atoms with E-state index < -0.39 is 0 Å². The van der Waals surface area contributed by atoms with Gasteiger partial charge in [0.1, 0.15) is 11.2 Å². The van der Waals surface area contributed by atoms with E-state index >= 15 is 0 Å². The molecule has 0 saturated heterocycles. The summed E-state index contributed by atoms with van der Waals surface area (Å²) in [4.78, 5) is 2.37. The fraction of sp³-hybridized carbons (Fsp3) is 0.0938. The van der Waals surface area contributed by atoms with Crippen LogP contribution in [0, 0.1) is 13.8 Å². The molecule has 316 valence electrons. The first kappa shape index (κ1) is 39.6. The van der Waals surface area contributed by atoms with Crippen molar-refractivity contribution in [1.29, 1.82) is 0 Å². The summed E-state index contributed by atoms with van der Waals surface area (Å²) in [6, 6.07) is 76.1. The van der Waals surface area contributed by atoms with Crippen LogP contribution in [0.4, 0.5) is 17.1 Å². The van der Waals surface area contributed by atoms with Gasteiger partial charge in [-0.15, -0.1) is 0 Å². The number of aryl methyl sites for hydroxylation is 2. The number of nitrogens with zero attached hydrogens (tertiary/aromatic N) is 1. The third-order valence-corrected chi connectivity index (χ3v) is 13.7. The summed E-state index contributed by atoms with van der Waals surface area (Å²) in [5.41, 5.74) is 18.5. The monoisotopic (exact) mass is 847 g/mol. The minimum atomic E-state index is 0.124. The highest BCUT2D eigenvalue weighted by atomic mass is 16.3. The molecule has 0 radical (unpaired) electrons. The number of rotatable bonds is 7. The quantitative estimate of drug-likeness (QED) is 0.149. The van der Waals surface area contributed by atoms with Crippen LogP contribution in [-0.4, -0.2) is 0 Å². The van der Waals surface area contributed by atoms with E-state index in [1.54, 1.807) is 0 Å². The molecule has 0 unspecified atom stereocenters. The first-order valence-corrected chi connectivity index (χ1v) is 23.1. The number of hydrogen-bond acceptors (Lipinski definition) is 2. The molecular formula is C64H49NO. The van der Waals surface area contributed by atoms with E-state index in [-0.39, 0.29) is 5.41 Å². The van der Waals surface area contributed by atoms with Crippen molar-refractivity contribution >= 4 is 71.3 Å². The second-order valence-corrected chi connectivity index (χ2v) is 19.1. The first-order chi connectivity index (χ1) is 32.1. The zero-order valence-electron chi connectivity index (χ0n) is 38.0. The van der Waals surface area contributed by atoms with Crippen LogP contribution in [0.1, 0.15) is 37.5 Å². The maximum Gasteiger partial charge on any atom is 0.143 e. The van der Waals surface area contributed by atoms with Gasteiger partial charge in [-0.2, -0.15) is 0 Å². The number of fused-ring (bicyclic) bond motifs is 5. The third kappa shape index (κ3) is 6.72. The Morgan fingerprint density at radius 1 is 0.364 bits per heavy atom. The van der Waals surface area contributed by atoms with Crippen molar-refractivity contribution in [3.63, 3.8) is 0 Å². The highest BCUT2D eigenvalue weighted by Gasteiger charge is 2.23. The van der Waals surface area contributed by atoms with E-state index in [0.29, 0.717) is 0 Å². The van der Waals surface area contributed by atoms with E-state index in [1.807, 2.05) is 0 Å². The van der Waals surface area contributed by atoms with Crippen molar-refractivity contribution in [3.8, 4) is 44.5 Å². The highest BCUT2D eigenvalue weighted by Crippen LogP contribution is 2.49. The Morgan fingerprint density at radius 2 is 0.924 bits per heavy atom. The summed E-state index contributed by atoms with van der Waals surface area (Å²) in [5.74, 6) is 0. The molecule has 12 rings (SSSR count). The van der Waals surface area contributed by atoms with E-state index in [1.165, 1.54) is 88.1 Å². The van der Waals surface area contributed by atoms with Crippen LogP contribution in [0.5, 0.6) is 0 Å². The standard InChI is InChI=1S/C64H49NO/c1-40-17-21-44(22-18-40)48-35-49(45-23-19-41(2)20-24-45)37-53(36-48)65(51-12-7-6-8-13-51)52-33-34-55-59(39-52)66-63-57-16-10-14-54-58(38-47-11-9-15-56(62(55)63)60(47)61(54)57)46-27-25-42(26-28-46)43-29-31-50(32-30-43)64(3,4)5/h6-39H,1-5H3. The van der Waals surface area contributed by atoms with E-state index in [9.17, 15) is 0 Å². The van der Waals surface area contributed by atoms with Gasteiger partial charge in [-0.05, 0) is 139 Å². The number of anilines is 3. The highest BCUT2D eigenvalue weighted by molar-refractivity contribution is 6.38. The molecule has 11 aromatic carbocycles. The predicted octanol–water partition coefficient (Wildman–Crippen LogP) is 18.5. The van der Waals surface area contributed by atoms with E-state index in [4.69, 9.17) is 4.42 Å². The van der Waals surface area contributed by atoms with Crippen molar-refractivity contribution in [2.45, 2.75) is 40.0 Å². The summed E-state index contributed by atoms with van der Waals surface area (Å²) >= 11 is 0. The average Bonchev–Trinajstić information content (AvgIpc) is 3.73. The van der Waals surface area contributed by atoms with E-state index in [2.05, 4.69) is 246 Å². The lowest BCUT2D eigenvalue weighted by atomic mass is 9.86. The van der Waals surface area contributed by atoms with Crippen molar-refractivity contribution in [3.05, 3.63) is 223 Å². The maximum absolute atomic E-state index is 7.15. The largest absolute Gasteiger partial charge is 0.455 e. The average molecular weight is 848 g/mol. The molecule has 12 aromatic rings. The minimum Gasteiger partial charge on any atom is -0.455 e. The van der Waals surface area contributed by atoms with Crippen molar-refractivity contribution < 1.29 is 4.42 Å². The molecule has 1 heterocycles. The molecule has 0 aliphatic rings. The molecule has 66 heavy (non-hydrogen) atoms. The number of hydrogen-bond donors (Lipinski definition) is 0. The third-order valence-electron chi connectivity index (χ3n) is 13.7. The van der Waals surface area contributed by atoms with Crippen LogP contribution >= 0.6 is 0 Å². The molecule has 0 atom stereocenters. The van der Waals surface area contributed by atoms with Crippen LogP contribution in [0.25, 0.3) is 98.8 Å². The lowest BCUT2D eigenvalue weighted by Crippen LogP contribution is -2.10. The molecule has 0 fully saturated rings. The van der Waals surface area contributed by atoms with Crippen LogP contribution in [0.2, 0.25) is 0 Å². The van der Waals surface area contributed by atoms with Crippen molar-refractivity contribution in [2.75, 3.05) is 4.90 Å². The first-order valence-electron chi connectivity index (χ1n) is 23.1. The van der Waals surface area contributed by atoms with Gasteiger partial charge in [-0.25, -0.2) is 0 Å². The lowest BCUT2D eigenvalue weighted by molar-refractivity contribution is 0.590. The summed E-state index contributed by atoms with van der Waals surface area (Å²) in [6.07, 6.45) is 0. The molecule has 0 aliphatic heterocycles.